The van der Waals surface area contributed by atoms with Gasteiger partial charge in [-0.05, 0) is 25.0 Å². The second kappa shape index (κ2) is 5.76. The fourth-order valence-electron chi connectivity index (χ4n) is 3.20. The van der Waals surface area contributed by atoms with Gasteiger partial charge in [-0.15, -0.1) is 0 Å². The second-order valence-electron chi connectivity index (χ2n) is 5.77. The molecule has 1 amide bonds. The Balaban J connectivity index is 1.78. The topological polar surface area (TPSA) is 70.2 Å². The van der Waals surface area contributed by atoms with Gasteiger partial charge >= 0.3 is 0 Å². The predicted molar refractivity (Wildman–Crippen MR) is 86.4 cm³/mol. The fraction of sp³-hybridized carbons (Fsp3) is 0.438. The SMILES string of the molecule is CCN(C(=O)Cc1c[nH]c2ccccc12)C1CCS(=O)(=O)C1. The lowest BCUT2D eigenvalue weighted by molar-refractivity contribution is -0.132. The minimum atomic E-state index is -2.98. The molecule has 1 aromatic carbocycles. The molecule has 0 radical (unpaired) electrons. The van der Waals surface area contributed by atoms with Crippen LogP contribution in [0.3, 0.4) is 0 Å². The molecule has 1 aliphatic rings. The number of H-pyrrole nitrogens is 1. The van der Waals surface area contributed by atoms with E-state index in [0.29, 0.717) is 19.4 Å². The monoisotopic (exact) mass is 320 g/mol. The number of para-hydroxylation sites is 1. The summed E-state index contributed by atoms with van der Waals surface area (Å²) in [5.41, 5.74) is 1.97. The Kier molecular flexibility index (Phi) is 3.95. The summed E-state index contributed by atoms with van der Waals surface area (Å²) in [6.07, 6.45) is 2.71. The molecule has 1 N–H and O–H groups in total. The molecule has 1 fully saturated rings. The Morgan fingerprint density at radius 3 is 2.82 bits per heavy atom. The van der Waals surface area contributed by atoms with E-state index in [1.165, 1.54) is 0 Å². The average molecular weight is 320 g/mol. The van der Waals surface area contributed by atoms with Crippen molar-refractivity contribution in [1.82, 2.24) is 9.88 Å². The van der Waals surface area contributed by atoms with Crippen molar-refractivity contribution in [2.24, 2.45) is 0 Å². The first-order chi connectivity index (χ1) is 10.5. The van der Waals surface area contributed by atoms with Crippen LogP contribution >= 0.6 is 0 Å². The van der Waals surface area contributed by atoms with Gasteiger partial charge in [0.25, 0.3) is 0 Å². The second-order valence-corrected chi connectivity index (χ2v) is 8.00. The lowest BCUT2D eigenvalue weighted by atomic mass is 10.1. The van der Waals surface area contributed by atoms with E-state index < -0.39 is 9.84 Å². The molecule has 5 nitrogen and oxygen atoms in total. The van der Waals surface area contributed by atoms with E-state index in [-0.39, 0.29) is 23.5 Å². The third kappa shape index (κ3) is 2.88. The molecule has 22 heavy (non-hydrogen) atoms. The molecule has 118 valence electrons. The number of sulfone groups is 1. The molecule has 1 aromatic heterocycles. The quantitative estimate of drug-likeness (QED) is 0.933. The first kappa shape index (κ1) is 15.1. The Bertz CT molecular complexity index is 795. The van der Waals surface area contributed by atoms with Crippen molar-refractivity contribution in [2.45, 2.75) is 25.8 Å². The molecule has 0 saturated carbocycles. The Morgan fingerprint density at radius 1 is 1.36 bits per heavy atom. The summed E-state index contributed by atoms with van der Waals surface area (Å²) >= 11 is 0. The summed E-state index contributed by atoms with van der Waals surface area (Å²) in [6, 6.07) is 7.69. The van der Waals surface area contributed by atoms with Crippen molar-refractivity contribution in [3.05, 3.63) is 36.0 Å². The number of hydrogen-bond donors (Lipinski definition) is 1. The van der Waals surface area contributed by atoms with Crippen molar-refractivity contribution in [1.29, 1.82) is 0 Å². The predicted octanol–water partition coefficient (Wildman–Crippen LogP) is 1.75. The molecule has 6 heteroatoms. The average Bonchev–Trinajstić information content (AvgIpc) is 3.04. The van der Waals surface area contributed by atoms with Crippen molar-refractivity contribution < 1.29 is 13.2 Å². The van der Waals surface area contributed by atoms with Gasteiger partial charge < -0.3 is 9.88 Å². The van der Waals surface area contributed by atoms with E-state index in [1.807, 2.05) is 37.4 Å². The van der Waals surface area contributed by atoms with Crippen LogP contribution in [0, 0.1) is 0 Å². The molecule has 2 aromatic rings. The molecule has 1 saturated heterocycles. The van der Waals surface area contributed by atoms with Crippen LogP contribution in [0.1, 0.15) is 18.9 Å². The van der Waals surface area contributed by atoms with Gasteiger partial charge in [0.2, 0.25) is 5.91 Å². The maximum absolute atomic E-state index is 12.6. The largest absolute Gasteiger partial charge is 0.361 e. The molecule has 0 aliphatic carbocycles. The molecular weight excluding hydrogens is 300 g/mol. The van der Waals surface area contributed by atoms with Gasteiger partial charge in [0, 0.05) is 29.7 Å². The maximum Gasteiger partial charge on any atom is 0.227 e. The number of hydrogen-bond acceptors (Lipinski definition) is 3. The molecule has 3 rings (SSSR count). The molecule has 0 bridgehead atoms. The van der Waals surface area contributed by atoms with Crippen molar-refractivity contribution in [3.8, 4) is 0 Å². The number of aromatic amines is 1. The van der Waals surface area contributed by atoms with Gasteiger partial charge in [-0.1, -0.05) is 18.2 Å². The van der Waals surface area contributed by atoms with Gasteiger partial charge in [-0.2, -0.15) is 0 Å². The Morgan fingerprint density at radius 2 is 2.14 bits per heavy atom. The van der Waals surface area contributed by atoms with Gasteiger partial charge in [0.05, 0.1) is 17.9 Å². The van der Waals surface area contributed by atoms with Crippen molar-refractivity contribution in [2.75, 3.05) is 18.1 Å². The number of rotatable bonds is 4. The van der Waals surface area contributed by atoms with Crippen LogP contribution in [0.15, 0.2) is 30.5 Å². The summed E-state index contributed by atoms with van der Waals surface area (Å²) in [5, 5.41) is 1.05. The van der Waals surface area contributed by atoms with Crippen molar-refractivity contribution in [3.63, 3.8) is 0 Å². The number of benzene rings is 1. The highest BCUT2D eigenvalue weighted by molar-refractivity contribution is 7.91. The van der Waals surface area contributed by atoms with Crippen LogP contribution in [0.25, 0.3) is 10.9 Å². The van der Waals surface area contributed by atoms with Gasteiger partial charge in [-0.3, -0.25) is 4.79 Å². The summed E-state index contributed by atoms with van der Waals surface area (Å²) in [4.78, 5) is 17.5. The standard InChI is InChI=1S/C16H20N2O3S/c1-2-18(13-7-8-22(20,21)11-13)16(19)9-12-10-17-15-6-4-3-5-14(12)15/h3-6,10,13,17H,2,7-9,11H2,1H3. The molecular formula is C16H20N2O3S. The molecule has 1 aliphatic heterocycles. The number of nitrogens with one attached hydrogen (secondary N) is 1. The summed E-state index contributed by atoms with van der Waals surface area (Å²) in [7, 11) is -2.98. The number of carbonyl (C=O) groups excluding carboxylic acids is 1. The fourth-order valence-corrected chi connectivity index (χ4v) is 4.93. The van der Waals surface area contributed by atoms with E-state index in [2.05, 4.69) is 4.98 Å². The van der Waals surface area contributed by atoms with Crippen LogP contribution in [0.2, 0.25) is 0 Å². The normalized spacial score (nSPS) is 20.3. The summed E-state index contributed by atoms with van der Waals surface area (Å²) in [6.45, 7) is 2.44. The number of fused-ring (bicyclic) bond motifs is 1. The Labute approximate surface area is 130 Å². The van der Waals surface area contributed by atoms with Crippen LogP contribution in [0.4, 0.5) is 0 Å². The van der Waals surface area contributed by atoms with Crippen LogP contribution < -0.4 is 0 Å². The number of carbonyl (C=O) groups is 1. The van der Waals surface area contributed by atoms with Gasteiger partial charge in [-0.25, -0.2) is 8.42 Å². The minimum Gasteiger partial charge on any atom is -0.361 e. The van der Waals surface area contributed by atoms with Crippen molar-refractivity contribution >= 4 is 26.6 Å². The zero-order chi connectivity index (χ0) is 15.7. The highest BCUT2D eigenvalue weighted by atomic mass is 32.2. The lowest BCUT2D eigenvalue weighted by Gasteiger charge is -2.26. The third-order valence-electron chi connectivity index (χ3n) is 4.33. The minimum absolute atomic E-state index is 0.00523. The molecule has 2 heterocycles. The zero-order valence-corrected chi connectivity index (χ0v) is 13.4. The number of likely N-dealkylation sites (N-methyl/N-ethyl adjacent to an activating group) is 1. The number of nitrogens with zero attached hydrogens (tertiary/aromatic N) is 1. The highest BCUT2D eigenvalue weighted by Gasteiger charge is 2.33. The van der Waals surface area contributed by atoms with E-state index in [1.54, 1.807) is 4.90 Å². The maximum atomic E-state index is 12.6. The van der Waals surface area contributed by atoms with E-state index >= 15 is 0 Å². The molecule has 1 unspecified atom stereocenters. The number of aromatic nitrogens is 1. The molecule has 0 spiro atoms. The summed E-state index contributed by atoms with van der Waals surface area (Å²) < 4.78 is 23.3. The van der Waals surface area contributed by atoms with Gasteiger partial charge in [0.15, 0.2) is 9.84 Å². The van der Waals surface area contributed by atoms with Gasteiger partial charge in [0.1, 0.15) is 0 Å². The van der Waals surface area contributed by atoms with Crippen LogP contribution in [-0.4, -0.2) is 48.3 Å². The first-order valence-corrected chi connectivity index (χ1v) is 9.37. The number of amides is 1. The zero-order valence-electron chi connectivity index (χ0n) is 12.6. The first-order valence-electron chi connectivity index (χ1n) is 7.55. The molecule has 1 atom stereocenters. The van der Waals surface area contributed by atoms with E-state index in [9.17, 15) is 13.2 Å². The smallest absolute Gasteiger partial charge is 0.227 e. The summed E-state index contributed by atoms with van der Waals surface area (Å²) in [5.74, 6) is 0.281. The Hall–Kier alpha value is -1.82. The van der Waals surface area contributed by atoms with E-state index in [4.69, 9.17) is 0 Å². The lowest BCUT2D eigenvalue weighted by Crippen LogP contribution is -2.41. The van der Waals surface area contributed by atoms with Crippen LogP contribution in [-0.2, 0) is 21.1 Å². The third-order valence-corrected chi connectivity index (χ3v) is 6.08. The van der Waals surface area contributed by atoms with Crippen LogP contribution in [0.5, 0.6) is 0 Å². The van der Waals surface area contributed by atoms with E-state index in [0.717, 1.165) is 16.5 Å². The highest BCUT2D eigenvalue weighted by Crippen LogP contribution is 2.22.